The van der Waals surface area contributed by atoms with Crippen LogP contribution in [0.4, 0.5) is 0 Å². The molecule has 1 aliphatic rings. The van der Waals surface area contributed by atoms with Crippen LogP contribution in [0.5, 0.6) is 11.5 Å². The fourth-order valence-electron chi connectivity index (χ4n) is 3.33. The molecule has 1 saturated carbocycles. The highest BCUT2D eigenvalue weighted by Crippen LogP contribution is 2.24. The molecule has 138 valence electrons. The Kier molecular flexibility index (Phi) is 6.16. The Bertz CT molecular complexity index is 751. The van der Waals surface area contributed by atoms with Crippen molar-refractivity contribution < 1.29 is 14.3 Å². The number of rotatable bonds is 7. The van der Waals surface area contributed by atoms with E-state index >= 15 is 0 Å². The van der Waals surface area contributed by atoms with Gasteiger partial charge in [0.25, 0.3) is 5.91 Å². The zero-order chi connectivity index (χ0) is 18.4. The predicted octanol–water partition coefficient (Wildman–Crippen LogP) is 4.65. The van der Waals surface area contributed by atoms with Gasteiger partial charge in [0.05, 0.1) is 6.61 Å². The number of amides is 1. The summed E-state index contributed by atoms with van der Waals surface area (Å²) in [7, 11) is 0. The average Bonchev–Trinajstić information content (AvgIpc) is 3.14. The largest absolute Gasteiger partial charge is 0.493 e. The lowest BCUT2D eigenvalue weighted by Crippen LogP contribution is -2.32. The molecule has 26 heavy (non-hydrogen) atoms. The van der Waals surface area contributed by atoms with Crippen molar-refractivity contribution in [2.24, 2.45) is 0 Å². The van der Waals surface area contributed by atoms with Gasteiger partial charge in [0.2, 0.25) is 0 Å². The minimum atomic E-state index is -0.0169. The second kappa shape index (κ2) is 8.75. The molecule has 2 aromatic carbocycles. The van der Waals surface area contributed by atoms with Gasteiger partial charge in [0.15, 0.2) is 0 Å². The molecule has 0 bridgehead atoms. The zero-order valence-electron chi connectivity index (χ0n) is 15.6. The van der Waals surface area contributed by atoms with Gasteiger partial charge in [-0.05, 0) is 62.6 Å². The Morgan fingerprint density at radius 2 is 1.92 bits per heavy atom. The van der Waals surface area contributed by atoms with Crippen molar-refractivity contribution in [2.45, 2.75) is 52.2 Å². The molecule has 0 aromatic heterocycles. The molecule has 1 aliphatic carbocycles. The number of nitrogens with one attached hydrogen (secondary N) is 1. The molecule has 1 fully saturated rings. The summed E-state index contributed by atoms with van der Waals surface area (Å²) < 4.78 is 11.6. The number of aryl methyl sites for hydroxylation is 1. The van der Waals surface area contributed by atoms with Crippen LogP contribution in [0, 0.1) is 6.92 Å². The molecular formula is C22H27NO3. The molecular weight excluding hydrogens is 326 g/mol. The van der Waals surface area contributed by atoms with Gasteiger partial charge >= 0.3 is 0 Å². The van der Waals surface area contributed by atoms with Crippen LogP contribution in [-0.4, -0.2) is 18.6 Å². The number of hydrogen-bond donors (Lipinski definition) is 1. The number of carbonyl (C=O) groups excluding carboxylic acids is 1. The average molecular weight is 353 g/mol. The molecule has 0 aliphatic heterocycles. The van der Waals surface area contributed by atoms with Crippen LogP contribution < -0.4 is 14.8 Å². The highest BCUT2D eigenvalue weighted by molar-refractivity contribution is 5.94. The van der Waals surface area contributed by atoms with E-state index < -0.39 is 0 Å². The molecule has 4 nitrogen and oxygen atoms in total. The second-order valence-electron chi connectivity index (χ2n) is 6.82. The molecule has 1 amide bonds. The van der Waals surface area contributed by atoms with Gasteiger partial charge in [-0.15, -0.1) is 0 Å². The Hall–Kier alpha value is -2.49. The summed E-state index contributed by atoms with van der Waals surface area (Å²) in [5.74, 6) is 1.56. The van der Waals surface area contributed by atoms with Crippen LogP contribution in [0.1, 0.15) is 54.1 Å². The van der Waals surface area contributed by atoms with Crippen molar-refractivity contribution >= 4 is 5.91 Å². The summed E-state index contributed by atoms with van der Waals surface area (Å²) in [6.07, 6.45) is 4.55. The molecule has 0 atom stereocenters. The first kappa shape index (κ1) is 18.3. The van der Waals surface area contributed by atoms with E-state index in [1.54, 1.807) is 0 Å². The molecule has 4 heteroatoms. The molecule has 0 unspecified atom stereocenters. The molecule has 0 saturated heterocycles. The lowest BCUT2D eigenvalue weighted by Gasteiger charge is -2.15. The summed E-state index contributed by atoms with van der Waals surface area (Å²) in [5, 5.41) is 3.13. The fraction of sp³-hybridized carbons (Fsp3) is 0.409. The van der Waals surface area contributed by atoms with Crippen LogP contribution in [0.3, 0.4) is 0 Å². The van der Waals surface area contributed by atoms with Crippen molar-refractivity contribution in [3.8, 4) is 11.5 Å². The second-order valence-corrected chi connectivity index (χ2v) is 6.82. The molecule has 2 aromatic rings. The molecule has 3 rings (SSSR count). The first-order valence-electron chi connectivity index (χ1n) is 9.41. The Morgan fingerprint density at radius 3 is 2.65 bits per heavy atom. The third-order valence-electron chi connectivity index (χ3n) is 4.70. The Morgan fingerprint density at radius 1 is 1.12 bits per heavy atom. The lowest BCUT2D eigenvalue weighted by atomic mass is 10.1. The van der Waals surface area contributed by atoms with Crippen LogP contribution in [0.25, 0.3) is 0 Å². The molecule has 1 N–H and O–H groups in total. The van der Waals surface area contributed by atoms with Gasteiger partial charge in [0, 0.05) is 17.2 Å². The molecule has 0 spiro atoms. The first-order valence-corrected chi connectivity index (χ1v) is 9.41. The van der Waals surface area contributed by atoms with Crippen molar-refractivity contribution in [2.75, 3.05) is 6.61 Å². The van der Waals surface area contributed by atoms with Gasteiger partial charge in [-0.2, -0.15) is 0 Å². The number of carbonyl (C=O) groups is 1. The maximum absolute atomic E-state index is 12.5. The predicted molar refractivity (Wildman–Crippen MR) is 103 cm³/mol. The highest BCUT2D eigenvalue weighted by atomic mass is 16.5. The van der Waals surface area contributed by atoms with E-state index in [0.29, 0.717) is 24.8 Å². The van der Waals surface area contributed by atoms with E-state index in [1.807, 2.05) is 56.3 Å². The Balaban J connectivity index is 1.73. The maximum atomic E-state index is 12.5. The summed E-state index contributed by atoms with van der Waals surface area (Å²) in [6.45, 7) is 4.92. The smallest absolute Gasteiger partial charge is 0.251 e. The Labute approximate surface area is 155 Å². The van der Waals surface area contributed by atoms with Gasteiger partial charge in [-0.25, -0.2) is 0 Å². The van der Waals surface area contributed by atoms with E-state index in [0.717, 1.165) is 35.5 Å². The summed E-state index contributed by atoms with van der Waals surface area (Å²) in [6, 6.07) is 13.8. The maximum Gasteiger partial charge on any atom is 0.251 e. The quantitative estimate of drug-likeness (QED) is 0.788. The summed E-state index contributed by atoms with van der Waals surface area (Å²) in [4.78, 5) is 12.5. The number of benzene rings is 2. The number of ether oxygens (including phenoxy) is 2. The van der Waals surface area contributed by atoms with Crippen LogP contribution >= 0.6 is 0 Å². The van der Waals surface area contributed by atoms with E-state index in [9.17, 15) is 4.79 Å². The van der Waals surface area contributed by atoms with E-state index in [1.165, 1.54) is 12.8 Å². The zero-order valence-corrected chi connectivity index (χ0v) is 15.6. The minimum absolute atomic E-state index is 0.0169. The SMILES string of the molecule is CCOc1ccc(C(=O)NC2CCCC2)cc1COc1cccc(C)c1. The third kappa shape index (κ3) is 4.78. The monoisotopic (exact) mass is 353 g/mol. The van der Waals surface area contributed by atoms with Crippen molar-refractivity contribution in [3.63, 3.8) is 0 Å². The van der Waals surface area contributed by atoms with Crippen LogP contribution in [-0.2, 0) is 6.61 Å². The summed E-state index contributed by atoms with van der Waals surface area (Å²) in [5.41, 5.74) is 2.69. The van der Waals surface area contributed by atoms with Crippen molar-refractivity contribution in [1.82, 2.24) is 5.32 Å². The van der Waals surface area contributed by atoms with Gasteiger partial charge in [-0.3, -0.25) is 4.79 Å². The molecule has 0 radical (unpaired) electrons. The van der Waals surface area contributed by atoms with Gasteiger partial charge in [0.1, 0.15) is 18.1 Å². The van der Waals surface area contributed by atoms with Crippen LogP contribution in [0.2, 0.25) is 0 Å². The summed E-state index contributed by atoms with van der Waals surface area (Å²) >= 11 is 0. The van der Waals surface area contributed by atoms with Crippen LogP contribution in [0.15, 0.2) is 42.5 Å². The van der Waals surface area contributed by atoms with Crippen molar-refractivity contribution in [3.05, 3.63) is 59.2 Å². The van der Waals surface area contributed by atoms with Crippen molar-refractivity contribution in [1.29, 1.82) is 0 Å². The van der Waals surface area contributed by atoms with E-state index in [-0.39, 0.29) is 5.91 Å². The third-order valence-corrected chi connectivity index (χ3v) is 4.70. The normalized spacial score (nSPS) is 14.2. The lowest BCUT2D eigenvalue weighted by molar-refractivity contribution is 0.0937. The first-order chi connectivity index (χ1) is 12.7. The van der Waals surface area contributed by atoms with E-state index in [2.05, 4.69) is 5.32 Å². The molecule has 0 heterocycles. The van der Waals surface area contributed by atoms with E-state index in [4.69, 9.17) is 9.47 Å². The number of hydrogen-bond acceptors (Lipinski definition) is 3. The topological polar surface area (TPSA) is 47.6 Å². The minimum Gasteiger partial charge on any atom is -0.493 e. The fourth-order valence-corrected chi connectivity index (χ4v) is 3.33. The van der Waals surface area contributed by atoms with Gasteiger partial charge < -0.3 is 14.8 Å². The standard InChI is InChI=1S/C22H27NO3/c1-3-25-21-12-11-17(22(24)23-19-8-4-5-9-19)14-18(21)15-26-20-10-6-7-16(2)13-20/h6-7,10-14,19H,3-5,8-9,15H2,1-2H3,(H,23,24). The van der Waals surface area contributed by atoms with Gasteiger partial charge in [-0.1, -0.05) is 25.0 Å². The highest BCUT2D eigenvalue weighted by Gasteiger charge is 2.19.